The Balaban J connectivity index is 1.78. The lowest BCUT2D eigenvalue weighted by Crippen LogP contribution is -2.39. The number of hydrogen-bond acceptors (Lipinski definition) is 3. The van der Waals surface area contributed by atoms with Gasteiger partial charge in [0.2, 0.25) is 15.9 Å². The molecule has 0 atom stereocenters. The third kappa shape index (κ3) is 5.28. The van der Waals surface area contributed by atoms with Crippen molar-refractivity contribution in [2.75, 3.05) is 6.54 Å². The first-order valence-corrected chi connectivity index (χ1v) is 9.40. The molecule has 1 aliphatic carbocycles. The summed E-state index contributed by atoms with van der Waals surface area (Å²) in [5.74, 6) is -0.280. The van der Waals surface area contributed by atoms with Crippen LogP contribution in [-0.2, 0) is 14.8 Å². The molecule has 1 aromatic carbocycles. The Bertz CT molecular complexity index is 640. The number of halogens is 1. The largest absolute Gasteiger partial charge is 0.353 e. The summed E-state index contributed by atoms with van der Waals surface area (Å²) in [5, 5.41) is 2.93. The number of nitrogens with one attached hydrogen (secondary N) is 2. The molecule has 0 bridgehead atoms. The van der Waals surface area contributed by atoms with E-state index in [1.165, 1.54) is 18.2 Å². The molecule has 23 heavy (non-hydrogen) atoms. The summed E-state index contributed by atoms with van der Waals surface area (Å²) in [7, 11) is -3.93. The van der Waals surface area contributed by atoms with Gasteiger partial charge in [-0.2, -0.15) is 0 Å². The molecule has 1 fully saturated rings. The lowest BCUT2D eigenvalue weighted by molar-refractivity contribution is -0.121. The molecule has 1 amide bonds. The van der Waals surface area contributed by atoms with Crippen LogP contribution in [0.1, 0.15) is 39.0 Å². The molecular formula is C16H23FN2O3S. The number of carbonyl (C=O) groups excluding carboxylic acids is 1. The standard InChI is InChI=1S/C16H23FN2O3S/c1-12-6-8-13(9-7-12)19-16(20)10-11-18-23(21,22)15-5-3-2-4-14(15)17/h2-5,12-13,18H,6-11H2,1H3,(H,19,20). The number of rotatable bonds is 6. The quantitative estimate of drug-likeness (QED) is 0.832. The number of amides is 1. The second kappa shape index (κ2) is 7.88. The first-order valence-electron chi connectivity index (χ1n) is 7.92. The summed E-state index contributed by atoms with van der Waals surface area (Å²) in [6.07, 6.45) is 4.18. The van der Waals surface area contributed by atoms with E-state index in [1.807, 2.05) is 0 Å². The fourth-order valence-electron chi connectivity index (χ4n) is 2.74. The van der Waals surface area contributed by atoms with Crippen LogP contribution in [0.15, 0.2) is 29.2 Å². The molecule has 0 aromatic heterocycles. The average molecular weight is 342 g/mol. The van der Waals surface area contributed by atoms with Crippen molar-refractivity contribution in [3.63, 3.8) is 0 Å². The van der Waals surface area contributed by atoms with E-state index in [9.17, 15) is 17.6 Å². The lowest BCUT2D eigenvalue weighted by atomic mass is 9.87. The lowest BCUT2D eigenvalue weighted by Gasteiger charge is -2.26. The molecule has 0 radical (unpaired) electrons. The molecule has 2 N–H and O–H groups in total. The molecule has 0 heterocycles. The number of sulfonamides is 1. The Hall–Kier alpha value is -1.47. The van der Waals surface area contributed by atoms with Crippen molar-refractivity contribution in [2.45, 2.75) is 50.0 Å². The van der Waals surface area contributed by atoms with Gasteiger partial charge in [-0.25, -0.2) is 17.5 Å². The minimum Gasteiger partial charge on any atom is -0.353 e. The normalized spacial score (nSPS) is 21.8. The van der Waals surface area contributed by atoms with Crippen LogP contribution < -0.4 is 10.0 Å². The molecular weight excluding hydrogens is 319 g/mol. The second-order valence-corrected chi connectivity index (χ2v) is 7.84. The second-order valence-electron chi connectivity index (χ2n) is 6.10. The highest BCUT2D eigenvalue weighted by molar-refractivity contribution is 7.89. The zero-order chi connectivity index (χ0) is 16.9. The summed E-state index contributed by atoms with van der Waals surface area (Å²) < 4.78 is 39.7. The van der Waals surface area contributed by atoms with Crippen LogP contribution in [-0.4, -0.2) is 26.9 Å². The van der Waals surface area contributed by atoms with Crippen molar-refractivity contribution in [1.29, 1.82) is 0 Å². The molecule has 0 saturated heterocycles. The third-order valence-electron chi connectivity index (χ3n) is 4.15. The van der Waals surface area contributed by atoms with Gasteiger partial charge in [-0.15, -0.1) is 0 Å². The summed E-state index contributed by atoms with van der Waals surface area (Å²) in [6.45, 7) is 2.15. The smallest absolute Gasteiger partial charge is 0.243 e. The van der Waals surface area contributed by atoms with Crippen molar-refractivity contribution in [2.24, 2.45) is 5.92 Å². The summed E-state index contributed by atoms with van der Waals surface area (Å²) in [5.41, 5.74) is 0. The molecule has 5 nitrogen and oxygen atoms in total. The van der Waals surface area contributed by atoms with Crippen molar-refractivity contribution < 1.29 is 17.6 Å². The maximum atomic E-state index is 13.5. The van der Waals surface area contributed by atoms with Crippen molar-refractivity contribution in [1.82, 2.24) is 10.0 Å². The number of carbonyl (C=O) groups is 1. The van der Waals surface area contributed by atoms with Gasteiger partial charge in [0.05, 0.1) is 0 Å². The van der Waals surface area contributed by atoms with Crippen LogP contribution >= 0.6 is 0 Å². The monoisotopic (exact) mass is 342 g/mol. The highest BCUT2D eigenvalue weighted by atomic mass is 32.2. The molecule has 7 heteroatoms. The minimum atomic E-state index is -3.93. The molecule has 1 saturated carbocycles. The van der Waals surface area contributed by atoms with Crippen LogP contribution in [0.4, 0.5) is 4.39 Å². The van der Waals surface area contributed by atoms with Gasteiger partial charge in [0, 0.05) is 19.0 Å². The maximum Gasteiger partial charge on any atom is 0.243 e. The predicted octanol–water partition coefficient (Wildman–Crippen LogP) is 2.19. The first-order chi connectivity index (χ1) is 10.9. The van der Waals surface area contributed by atoms with Crippen LogP contribution in [0, 0.1) is 11.7 Å². The van der Waals surface area contributed by atoms with E-state index in [0.717, 1.165) is 31.7 Å². The zero-order valence-corrected chi connectivity index (χ0v) is 14.0. The van der Waals surface area contributed by atoms with Gasteiger partial charge in [-0.3, -0.25) is 4.79 Å². The van der Waals surface area contributed by atoms with Gasteiger partial charge in [-0.1, -0.05) is 19.1 Å². The topological polar surface area (TPSA) is 75.3 Å². The van der Waals surface area contributed by atoms with E-state index >= 15 is 0 Å². The highest BCUT2D eigenvalue weighted by Crippen LogP contribution is 2.23. The predicted molar refractivity (Wildman–Crippen MR) is 85.8 cm³/mol. The fourth-order valence-corrected chi connectivity index (χ4v) is 3.85. The molecule has 1 aromatic rings. The van der Waals surface area contributed by atoms with E-state index in [-0.39, 0.29) is 24.9 Å². The molecule has 0 unspecified atom stereocenters. The van der Waals surface area contributed by atoms with E-state index < -0.39 is 20.7 Å². The summed E-state index contributed by atoms with van der Waals surface area (Å²) >= 11 is 0. The average Bonchev–Trinajstić information content (AvgIpc) is 2.49. The first kappa shape index (κ1) is 17.9. The summed E-state index contributed by atoms with van der Waals surface area (Å²) in [4.78, 5) is 11.5. The zero-order valence-electron chi connectivity index (χ0n) is 13.2. The van der Waals surface area contributed by atoms with Gasteiger partial charge in [0.25, 0.3) is 0 Å². The van der Waals surface area contributed by atoms with Gasteiger partial charge >= 0.3 is 0 Å². The Morgan fingerprint density at radius 2 is 1.87 bits per heavy atom. The van der Waals surface area contributed by atoms with Gasteiger partial charge in [-0.05, 0) is 43.7 Å². The van der Waals surface area contributed by atoms with Gasteiger partial charge in [0.15, 0.2) is 0 Å². The highest BCUT2D eigenvalue weighted by Gasteiger charge is 2.21. The van der Waals surface area contributed by atoms with Crippen molar-refractivity contribution >= 4 is 15.9 Å². The van der Waals surface area contributed by atoms with Crippen LogP contribution in [0.2, 0.25) is 0 Å². The van der Waals surface area contributed by atoms with Crippen LogP contribution in [0.25, 0.3) is 0 Å². The van der Waals surface area contributed by atoms with Gasteiger partial charge < -0.3 is 5.32 Å². The SMILES string of the molecule is CC1CCC(NC(=O)CCNS(=O)(=O)c2ccccc2F)CC1. The third-order valence-corrected chi connectivity index (χ3v) is 5.65. The van der Waals surface area contributed by atoms with Crippen LogP contribution in [0.3, 0.4) is 0 Å². The van der Waals surface area contributed by atoms with E-state index in [0.29, 0.717) is 5.92 Å². The van der Waals surface area contributed by atoms with Crippen LogP contribution in [0.5, 0.6) is 0 Å². The summed E-state index contributed by atoms with van der Waals surface area (Å²) in [6, 6.07) is 5.34. The Labute approximate surface area is 136 Å². The molecule has 0 spiro atoms. The van der Waals surface area contributed by atoms with Crippen molar-refractivity contribution in [3.05, 3.63) is 30.1 Å². The number of benzene rings is 1. The van der Waals surface area contributed by atoms with Crippen molar-refractivity contribution in [3.8, 4) is 0 Å². The molecule has 2 rings (SSSR count). The minimum absolute atomic E-state index is 0.0414. The fraction of sp³-hybridized carbons (Fsp3) is 0.562. The van der Waals surface area contributed by atoms with E-state index in [4.69, 9.17) is 0 Å². The maximum absolute atomic E-state index is 13.5. The Kier molecular flexibility index (Phi) is 6.12. The Morgan fingerprint density at radius 3 is 2.52 bits per heavy atom. The molecule has 0 aliphatic heterocycles. The van der Waals surface area contributed by atoms with E-state index in [2.05, 4.69) is 17.0 Å². The number of hydrogen-bond donors (Lipinski definition) is 2. The van der Waals surface area contributed by atoms with Gasteiger partial charge in [0.1, 0.15) is 10.7 Å². The molecule has 128 valence electrons. The molecule has 1 aliphatic rings. The Morgan fingerprint density at radius 1 is 1.22 bits per heavy atom. The van der Waals surface area contributed by atoms with E-state index in [1.54, 1.807) is 0 Å².